The van der Waals surface area contributed by atoms with Crippen LogP contribution in [0.1, 0.15) is 11.1 Å². The second-order valence-electron chi connectivity index (χ2n) is 5.33. The molecular formula is C18H14ClFN2O. The van der Waals surface area contributed by atoms with E-state index in [0.717, 1.165) is 5.56 Å². The van der Waals surface area contributed by atoms with Gasteiger partial charge in [-0.3, -0.25) is 9.36 Å². The van der Waals surface area contributed by atoms with Crippen LogP contribution in [0.2, 0.25) is 5.02 Å². The molecule has 0 N–H and O–H groups in total. The Balaban J connectivity index is 1.99. The molecule has 0 amide bonds. The van der Waals surface area contributed by atoms with Crippen LogP contribution in [0.25, 0.3) is 11.1 Å². The molecule has 0 spiro atoms. The molecular weight excluding hydrogens is 315 g/mol. The molecule has 0 bridgehead atoms. The van der Waals surface area contributed by atoms with E-state index in [1.807, 2.05) is 12.1 Å². The standard InChI is InChI=1S/C18H14ClFN2O/c1-12-2-5-14(8-17(12)20)16-9-21-11-22(18(16)23)10-13-3-6-15(19)7-4-13/h2-9,11H,10H2,1H3. The third-order valence-electron chi connectivity index (χ3n) is 3.65. The zero-order valence-electron chi connectivity index (χ0n) is 12.5. The molecule has 0 saturated heterocycles. The van der Waals surface area contributed by atoms with E-state index in [2.05, 4.69) is 4.98 Å². The summed E-state index contributed by atoms with van der Waals surface area (Å²) in [6.07, 6.45) is 2.94. The van der Waals surface area contributed by atoms with Crippen LogP contribution < -0.4 is 5.56 Å². The zero-order valence-corrected chi connectivity index (χ0v) is 13.2. The molecule has 0 aliphatic rings. The normalized spacial score (nSPS) is 10.7. The topological polar surface area (TPSA) is 34.9 Å². The van der Waals surface area contributed by atoms with Gasteiger partial charge in [-0.05, 0) is 41.8 Å². The van der Waals surface area contributed by atoms with Crippen molar-refractivity contribution in [1.29, 1.82) is 0 Å². The number of hydrogen-bond donors (Lipinski definition) is 0. The summed E-state index contributed by atoms with van der Waals surface area (Å²) in [7, 11) is 0. The Morgan fingerprint density at radius 2 is 1.91 bits per heavy atom. The summed E-state index contributed by atoms with van der Waals surface area (Å²) in [5, 5.41) is 0.642. The van der Waals surface area contributed by atoms with Crippen molar-refractivity contribution in [2.24, 2.45) is 0 Å². The van der Waals surface area contributed by atoms with Crippen LogP contribution in [0, 0.1) is 12.7 Å². The number of halogens is 2. The number of benzene rings is 2. The number of nitrogens with zero attached hydrogens (tertiary/aromatic N) is 2. The SMILES string of the molecule is Cc1ccc(-c2cncn(Cc3ccc(Cl)cc3)c2=O)cc1F. The molecule has 0 unspecified atom stereocenters. The average Bonchev–Trinajstić information content (AvgIpc) is 2.54. The monoisotopic (exact) mass is 328 g/mol. The van der Waals surface area contributed by atoms with Gasteiger partial charge < -0.3 is 0 Å². The third-order valence-corrected chi connectivity index (χ3v) is 3.90. The van der Waals surface area contributed by atoms with Crippen molar-refractivity contribution >= 4 is 11.6 Å². The van der Waals surface area contributed by atoms with Gasteiger partial charge in [-0.15, -0.1) is 0 Å². The van der Waals surface area contributed by atoms with E-state index in [1.54, 1.807) is 31.2 Å². The van der Waals surface area contributed by atoms with Crippen LogP contribution >= 0.6 is 11.6 Å². The van der Waals surface area contributed by atoms with Crippen molar-refractivity contribution in [1.82, 2.24) is 9.55 Å². The van der Waals surface area contributed by atoms with Gasteiger partial charge in [-0.25, -0.2) is 9.37 Å². The lowest BCUT2D eigenvalue weighted by Gasteiger charge is -2.08. The Bertz CT molecular complexity index is 904. The maximum absolute atomic E-state index is 13.7. The van der Waals surface area contributed by atoms with Gasteiger partial charge in [0, 0.05) is 11.2 Å². The first kappa shape index (κ1) is 15.4. The Labute approximate surface area is 138 Å². The summed E-state index contributed by atoms with van der Waals surface area (Å²) < 4.78 is 15.2. The van der Waals surface area contributed by atoms with E-state index in [1.165, 1.54) is 23.2 Å². The van der Waals surface area contributed by atoms with Gasteiger partial charge in [-0.2, -0.15) is 0 Å². The first-order chi connectivity index (χ1) is 11.0. The Morgan fingerprint density at radius 3 is 2.61 bits per heavy atom. The van der Waals surface area contributed by atoms with E-state index < -0.39 is 0 Å². The smallest absolute Gasteiger partial charge is 0.261 e. The third kappa shape index (κ3) is 3.32. The maximum Gasteiger partial charge on any atom is 0.261 e. The van der Waals surface area contributed by atoms with Gasteiger partial charge in [0.2, 0.25) is 0 Å². The first-order valence-corrected chi connectivity index (χ1v) is 7.48. The van der Waals surface area contributed by atoms with Gasteiger partial charge in [0.25, 0.3) is 5.56 Å². The largest absolute Gasteiger partial charge is 0.294 e. The molecule has 0 fully saturated rings. The average molecular weight is 329 g/mol. The minimum absolute atomic E-state index is 0.210. The lowest BCUT2D eigenvalue weighted by atomic mass is 10.1. The van der Waals surface area contributed by atoms with E-state index in [-0.39, 0.29) is 11.4 Å². The summed E-state index contributed by atoms with van der Waals surface area (Å²) in [5.74, 6) is -0.338. The quantitative estimate of drug-likeness (QED) is 0.726. The molecule has 5 heteroatoms. The molecule has 0 atom stereocenters. The van der Waals surface area contributed by atoms with E-state index in [4.69, 9.17) is 11.6 Å². The number of aryl methyl sites for hydroxylation is 1. The van der Waals surface area contributed by atoms with E-state index in [0.29, 0.717) is 28.3 Å². The molecule has 1 aromatic heterocycles. The second-order valence-corrected chi connectivity index (χ2v) is 5.77. The fraction of sp³-hybridized carbons (Fsp3) is 0.111. The highest BCUT2D eigenvalue weighted by Crippen LogP contribution is 2.18. The van der Waals surface area contributed by atoms with Gasteiger partial charge >= 0.3 is 0 Å². The fourth-order valence-corrected chi connectivity index (χ4v) is 2.43. The Kier molecular flexibility index (Phi) is 4.26. The Hall–Kier alpha value is -2.46. The molecule has 3 nitrogen and oxygen atoms in total. The molecule has 0 saturated carbocycles. The van der Waals surface area contributed by atoms with Crippen molar-refractivity contribution in [2.75, 3.05) is 0 Å². The molecule has 0 aliphatic carbocycles. The van der Waals surface area contributed by atoms with Crippen LogP contribution in [0.3, 0.4) is 0 Å². The molecule has 3 rings (SSSR count). The predicted molar refractivity (Wildman–Crippen MR) is 89.2 cm³/mol. The van der Waals surface area contributed by atoms with Crippen LogP contribution in [-0.4, -0.2) is 9.55 Å². The summed E-state index contributed by atoms with van der Waals surface area (Å²) in [6, 6.07) is 12.0. The fourth-order valence-electron chi connectivity index (χ4n) is 2.31. The van der Waals surface area contributed by atoms with Crippen molar-refractivity contribution in [2.45, 2.75) is 13.5 Å². The van der Waals surface area contributed by atoms with Crippen LogP contribution in [0.4, 0.5) is 4.39 Å². The van der Waals surface area contributed by atoms with E-state index in [9.17, 15) is 9.18 Å². The van der Waals surface area contributed by atoms with Crippen LogP contribution in [-0.2, 0) is 6.54 Å². The molecule has 0 radical (unpaired) electrons. The van der Waals surface area contributed by atoms with Crippen LogP contribution in [0.15, 0.2) is 59.8 Å². The van der Waals surface area contributed by atoms with Gasteiger partial charge in [0.15, 0.2) is 0 Å². The van der Waals surface area contributed by atoms with E-state index >= 15 is 0 Å². The molecule has 3 aromatic rings. The highest BCUT2D eigenvalue weighted by Gasteiger charge is 2.09. The van der Waals surface area contributed by atoms with Crippen molar-refractivity contribution < 1.29 is 4.39 Å². The first-order valence-electron chi connectivity index (χ1n) is 7.10. The number of rotatable bonds is 3. The summed E-state index contributed by atoms with van der Waals surface area (Å²) in [6.45, 7) is 2.06. The summed E-state index contributed by atoms with van der Waals surface area (Å²) >= 11 is 5.86. The van der Waals surface area contributed by atoms with Gasteiger partial charge in [0.05, 0.1) is 18.4 Å². The van der Waals surface area contributed by atoms with Gasteiger partial charge in [0.1, 0.15) is 5.82 Å². The molecule has 116 valence electrons. The number of hydrogen-bond acceptors (Lipinski definition) is 2. The summed E-state index contributed by atoms with van der Waals surface area (Å²) in [5.41, 5.74) is 2.17. The molecule has 0 aliphatic heterocycles. The Morgan fingerprint density at radius 1 is 1.17 bits per heavy atom. The minimum Gasteiger partial charge on any atom is -0.294 e. The van der Waals surface area contributed by atoms with Crippen molar-refractivity contribution in [3.63, 3.8) is 0 Å². The summed E-state index contributed by atoms with van der Waals surface area (Å²) in [4.78, 5) is 16.7. The second kappa shape index (κ2) is 6.34. The minimum atomic E-state index is -0.338. The highest BCUT2D eigenvalue weighted by atomic mass is 35.5. The van der Waals surface area contributed by atoms with Crippen molar-refractivity contribution in [3.05, 3.63) is 87.3 Å². The van der Waals surface area contributed by atoms with Crippen LogP contribution in [0.5, 0.6) is 0 Å². The molecule has 23 heavy (non-hydrogen) atoms. The zero-order chi connectivity index (χ0) is 16.4. The lowest BCUT2D eigenvalue weighted by molar-refractivity contribution is 0.619. The van der Waals surface area contributed by atoms with Crippen molar-refractivity contribution in [3.8, 4) is 11.1 Å². The highest BCUT2D eigenvalue weighted by molar-refractivity contribution is 6.30. The maximum atomic E-state index is 13.7. The predicted octanol–water partition coefficient (Wildman–Crippen LogP) is 4.06. The number of aromatic nitrogens is 2. The van der Waals surface area contributed by atoms with Gasteiger partial charge in [-0.1, -0.05) is 35.9 Å². The molecule has 1 heterocycles. The molecule has 2 aromatic carbocycles. The lowest BCUT2D eigenvalue weighted by Crippen LogP contribution is -2.22.